The molecule has 0 radical (unpaired) electrons. The van der Waals surface area contributed by atoms with Crippen molar-refractivity contribution in [3.05, 3.63) is 65.5 Å². The number of rotatable bonds is 3. The van der Waals surface area contributed by atoms with Crippen LogP contribution in [0.15, 0.2) is 48.5 Å². The van der Waals surface area contributed by atoms with E-state index in [1.165, 1.54) is 12.1 Å². The Hall–Kier alpha value is -2.68. The van der Waals surface area contributed by atoms with Gasteiger partial charge in [0.1, 0.15) is 5.75 Å². The summed E-state index contributed by atoms with van der Waals surface area (Å²) in [5, 5.41) is 0. The fourth-order valence-electron chi connectivity index (χ4n) is 4.11. The first-order valence-electron chi connectivity index (χ1n) is 8.44. The molecular formula is C20H17F3N2O. The van der Waals surface area contributed by atoms with Crippen molar-refractivity contribution in [1.82, 2.24) is 0 Å². The number of halogens is 3. The fraction of sp³-hybridized carbons (Fsp3) is 0.350. The third-order valence-electron chi connectivity index (χ3n) is 5.34. The predicted octanol–water partition coefficient (Wildman–Crippen LogP) is 5.52. The van der Waals surface area contributed by atoms with Crippen molar-refractivity contribution >= 4 is 11.4 Å². The largest absolute Gasteiger partial charge is 0.573 e. The molecule has 2 fully saturated rings. The molecule has 26 heavy (non-hydrogen) atoms. The van der Waals surface area contributed by atoms with Crippen molar-refractivity contribution in [2.24, 2.45) is 5.41 Å². The monoisotopic (exact) mass is 358 g/mol. The topological polar surface area (TPSA) is 16.8 Å². The minimum Gasteiger partial charge on any atom is -0.406 e. The maximum Gasteiger partial charge on any atom is 0.573 e. The predicted molar refractivity (Wildman–Crippen MR) is 92.5 cm³/mol. The highest BCUT2D eigenvalue weighted by atomic mass is 19.4. The molecule has 1 spiro atoms. The molecule has 1 saturated heterocycles. The smallest absolute Gasteiger partial charge is 0.406 e. The van der Waals surface area contributed by atoms with Crippen molar-refractivity contribution in [2.75, 3.05) is 18.0 Å². The van der Waals surface area contributed by atoms with Gasteiger partial charge in [-0.15, -0.1) is 13.2 Å². The van der Waals surface area contributed by atoms with E-state index in [0.29, 0.717) is 17.0 Å². The fourth-order valence-corrected chi connectivity index (χ4v) is 4.11. The maximum absolute atomic E-state index is 12.2. The van der Waals surface area contributed by atoms with Gasteiger partial charge in [0.25, 0.3) is 0 Å². The van der Waals surface area contributed by atoms with Crippen LogP contribution in [0.2, 0.25) is 0 Å². The Morgan fingerprint density at radius 2 is 1.62 bits per heavy atom. The van der Waals surface area contributed by atoms with Crippen LogP contribution in [0.4, 0.5) is 24.5 Å². The normalized spacial score (nSPS) is 18.8. The van der Waals surface area contributed by atoms with Gasteiger partial charge >= 0.3 is 6.36 Å². The van der Waals surface area contributed by atoms with Crippen LogP contribution in [0.1, 0.15) is 24.3 Å². The molecule has 6 heteroatoms. The highest BCUT2D eigenvalue weighted by molar-refractivity contribution is 5.57. The quantitative estimate of drug-likeness (QED) is 0.672. The molecule has 3 nitrogen and oxygen atoms in total. The zero-order chi connectivity index (χ0) is 18.4. The van der Waals surface area contributed by atoms with Crippen molar-refractivity contribution in [3.8, 4) is 5.75 Å². The van der Waals surface area contributed by atoms with Gasteiger partial charge in [-0.2, -0.15) is 0 Å². The molecule has 134 valence electrons. The van der Waals surface area contributed by atoms with E-state index in [2.05, 4.69) is 14.5 Å². The van der Waals surface area contributed by atoms with E-state index in [-0.39, 0.29) is 5.75 Å². The Labute approximate surface area is 149 Å². The minimum atomic E-state index is -4.65. The van der Waals surface area contributed by atoms with Gasteiger partial charge in [0, 0.05) is 24.2 Å². The Morgan fingerprint density at radius 3 is 2.15 bits per heavy atom. The lowest BCUT2D eigenvalue weighted by Crippen LogP contribution is -2.61. The minimum absolute atomic E-state index is 0.173. The van der Waals surface area contributed by atoms with Crippen LogP contribution < -0.4 is 9.64 Å². The first-order valence-corrected chi connectivity index (χ1v) is 8.44. The molecule has 4 rings (SSSR count). The number of ether oxygens (including phenoxy) is 1. The first-order chi connectivity index (χ1) is 12.4. The molecular weight excluding hydrogens is 341 g/mol. The Balaban J connectivity index is 1.31. The van der Waals surface area contributed by atoms with E-state index in [1.807, 2.05) is 24.3 Å². The molecule has 2 aliphatic rings. The van der Waals surface area contributed by atoms with Crippen molar-refractivity contribution in [3.63, 3.8) is 0 Å². The molecule has 1 saturated carbocycles. The van der Waals surface area contributed by atoms with E-state index in [0.717, 1.165) is 37.2 Å². The molecule has 0 bridgehead atoms. The third kappa shape index (κ3) is 3.22. The van der Waals surface area contributed by atoms with Crippen molar-refractivity contribution < 1.29 is 17.9 Å². The van der Waals surface area contributed by atoms with Crippen LogP contribution in [0.25, 0.3) is 4.85 Å². The van der Waals surface area contributed by atoms with Gasteiger partial charge in [-0.25, -0.2) is 4.85 Å². The summed E-state index contributed by atoms with van der Waals surface area (Å²) >= 11 is 0. The molecule has 2 aromatic carbocycles. The molecule has 0 amide bonds. The average molecular weight is 358 g/mol. The highest BCUT2D eigenvalue weighted by Crippen LogP contribution is 2.56. The summed E-state index contributed by atoms with van der Waals surface area (Å²) in [4.78, 5) is 5.71. The van der Waals surface area contributed by atoms with Gasteiger partial charge in [-0.1, -0.05) is 24.3 Å². The van der Waals surface area contributed by atoms with E-state index in [1.54, 1.807) is 12.1 Å². The van der Waals surface area contributed by atoms with E-state index >= 15 is 0 Å². The lowest BCUT2D eigenvalue weighted by Gasteiger charge is -2.60. The molecule has 0 aromatic heterocycles. The van der Waals surface area contributed by atoms with E-state index in [9.17, 15) is 13.2 Å². The summed E-state index contributed by atoms with van der Waals surface area (Å²) < 4.78 is 40.5. The molecule has 1 aliphatic carbocycles. The molecule has 0 unspecified atom stereocenters. The van der Waals surface area contributed by atoms with E-state index in [4.69, 9.17) is 6.57 Å². The molecule has 2 aromatic rings. The summed E-state index contributed by atoms with van der Waals surface area (Å²) in [6.07, 6.45) is -2.53. The second-order valence-electron chi connectivity index (χ2n) is 7.21. The lowest BCUT2D eigenvalue weighted by atomic mass is 9.56. The summed E-state index contributed by atoms with van der Waals surface area (Å²) in [7, 11) is 0. The van der Waals surface area contributed by atoms with Crippen LogP contribution in [-0.2, 0) is 0 Å². The summed E-state index contributed by atoms with van der Waals surface area (Å²) in [5.41, 5.74) is 3.18. The van der Waals surface area contributed by atoms with Gasteiger partial charge in [-0.05, 0) is 48.6 Å². The number of hydrogen-bond acceptors (Lipinski definition) is 2. The van der Waals surface area contributed by atoms with Gasteiger partial charge in [0.15, 0.2) is 5.69 Å². The molecule has 0 atom stereocenters. The third-order valence-corrected chi connectivity index (χ3v) is 5.34. The van der Waals surface area contributed by atoms with Crippen molar-refractivity contribution in [2.45, 2.75) is 25.1 Å². The summed E-state index contributed by atoms with van der Waals surface area (Å²) in [5.74, 6) is 0.231. The van der Waals surface area contributed by atoms with Crippen LogP contribution >= 0.6 is 0 Å². The average Bonchev–Trinajstić information content (AvgIpc) is 2.53. The zero-order valence-corrected chi connectivity index (χ0v) is 14.0. The summed E-state index contributed by atoms with van der Waals surface area (Å²) in [6.45, 7) is 8.98. The summed E-state index contributed by atoms with van der Waals surface area (Å²) in [6, 6.07) is 13.9. The van der Waals surface area contributed by atoms with Gasteiger partial charge < -0.3 is 9.64 Å². The molecule has 1 aliphatic heterocycles. The van der Waals surface area contributed by atoms with Crippen LogP contribution in [0, 0.1) is 12.0 Å². The van der Waals surface area contributed by atoms with Crippen LogP contribution in [0.5, 0.6) is 5.75 Å². The number of anilines is 1. The molecule has 1 heterocycles. The standard InChI is InChI=1S/C20H17F3N2O/c1-24-16-4-6-17(7-5-16)25-12-19(13-25)10-15(11-19)14-2-8-18(9-3-14)26-20(21,22)23/h2-9,15H,10-13H2. The van der Waals surface area contributed by atoms with Gasteiger partial charge in [-0.3, -0.25) is 0 Å². The number of nitrogens with zero attached hydrogens (tertiary/aromatic N) is 2. The Morgan fingerprint density at radius 1 is 1.00 bits per heavy atom. The van der Waals surface area contributed by atoms with E-state index < -0.39 is 6.36 Å². The zero-order valence-electron chi connectivity index (χ0n) is 14.0. The van der Waals surface area contributed by atoms with Crippen LogP contribution in [0.3, 0.4) is 0 Å². The second kappa shape index (κ2) is 5.94. The van der Waals surface area contributed by atoms with Crippen LogP contribution in [-0.4, -0.2) is 19.5 Å². The lowest BCUT2D eigenvalue weighted by molar-refractivity contribution is -0.274. The Bertz CT molecular complexity index is 823. The Kier molecular flexibility index (Phi) is 3.83. The SMILES string of the molecule is [C-]#[N+]c1ccc(N2CC3(CC(c4ccc(OC(F)(F)F)cc4)C3)C2)cc1. The molecule has 0 N–H and O–H groups in total. The number of hydrogen-bond donors (Lipinski definition) is 0. The number of benzene rings is 2. The maximum atomic E-state index is 12.2. The van der Waals surface area contributed by atoms with Crippen molar-refractivity contribution in [1.29, 1.82) is 0 Å². The van der Waals surface area contributed by atoms with Gasteiger partial charge in [0.2, 0.25) is 0 Å². The second-order valence-corrected chi connectivity index (χ2v) is 7.21. The van der Waals surface area contributed by atoms with Gasteiger partial charge in [0.05, 0.1) is 6.57 Å². The number of alkyl halides is 3. The first kappa shape index (κ1) is 16.8. The highest BCUT2D eigenvalue weighted by Gasteiger charge is 2.52.